The summed E-state index contributed by atoms with van der Waals surface area (Å²) in [5.74, 6) is 2.98. The average molecular weight is 602 g/mol. The summed E-state index contributed by atoms with van der Waals surface area (Å²) >= 11 is 0. The molecule has 0 aliphatic carbocycles. The molecule has 1 fully saturated rings. The first-order valence-corrected chi connectivity index (χ1v) is 15.7. The maximum atomic E-state index is 14.3. The van der Waals surface area contributed by atoms with Crippen molar-refractivity contribution in [3.05, 3.63) is 70.4 Å². The van der Waals surface area contributed by atoms with Crippen LogP contribution in [0.15, 0.2) is 59.4 Å². The van der Waals surface area contributed by atoms with Crippen molar-refractivity contribution in [3.63, 3.8) is 0 Å². The monoisotopic (exact) mass is 601 g/mol. The lowest BCUT2D eigenvalue weighted by Gasteiger charge is -2.32. The SMILES string of the molecule is C#Cc1ccc2c(c1)[nH]c1c2c(=O)c2cc(OCCCC)c(-c3cccc(OS(=O)(=O)F)c3)cc2n1C1CCN(C)CC1. The van der Waals surface area contributed by atoms with Crippen LogP contribution in [-0.4, -0.2) is 49.6 Å². The molecule has 0 radical (unpaired) electrons. The van der Waals surface area contributed by atoms with Crippen molar-refractivity contribution >= 4 is 43.3 Å². The van der Waals surface area contributed by atoms with E-state index in [9.17, 15) is 17.1 Å². The van der Waals surface area contributed by atoms with Crippen LogP contribution in [0.5, 0.6) is 11.5 Å². The smallest absolute Gasteiger partial charge is 0.488 e. The Labute approximate surface area is 249 Å². The van der Waals surface area contributed by atoms with Gasteiger partial charge < -0.3 is 23.4 Å². The fourth-order valence-corrected chi connectivity index (χ4v) is 6.36. The molecule has 43 heavy (non-hydrogen) atoms. The molecule has 0 unspecified atom stereocenters. The molecular formula is C33H32FN3O5S. The van der Waals surface area contributed by atoms with E-state index in [1.807, 2.05) is 24.3 Å². The number of aromatic nitrogens is 2. The molecule has 0 spiro atoms. The number of benzene rings is 3. The highest BCUT2D eigenvalue weighted by molar-refractivity contribution is 7.81. The summed E-state index contributed by atoms with van der Waals surface area (Å²) in [7, 11) is -3.11. The Bertz CT molecular complexity index is 2070. The van der Waals surface area contributed by atoms with Gasteiger partial charge in [0, 0.05) is 28.1 Å². The summed E-state index contributed by atoms with van der Waals surface area (Å²) in [6.07, 6.45) is 9.17. The second-order valence-electron chi connectivity index (χ2n) is 11.1. The van der Waals surface area contributed by atoms with Gasteiger partial charge in [0.05, 0.1) is 22.9 Å². The first kappa shape index (κ1) is 28.8. The normalized spacial score (nSPS) is 14.8. The number of nitrogens with one attached hydrogen (secondary N) is 1. The first-order valence-electron chi connectivity index (χ1n) is 14.4. The number of piperidine rings is 1. The van der Waals surface area contributed by atoms with Gasteiger partial charge in [-0.05, 0) is 81.4 Å². The van der Waals surface area contributed by atoms with Crippen molar-refractivity contribution < 1.29 is 21.2 Å². The zero-order valence-corrected chi connectivity index (χ0v) is 24.8. The third-order valence-electron chi connectivity index (χ3n) is 8.16. The van der Waals surface area contributed by atoms with Crippen LogP contribution in [0.25, 0.3) is 44.0 Å². The van der Waals surface area contributed by atoms with Crippen LogP contribution in [0, 0.1) is 12.3 Å². The van der Waals surface area contributed by atoms with Gasteiger partial charge >= 0.3 is 10.5 Å². The van der Waals surface area contributed by atoms with E-state index in [1.165, 1.54) is 12.1 Å². The van der Waals surface area contributed by atoms with Crippen molar-refractivity contribution in [2.75, 3.05) is 26.7 Å². The Hall–Kier alpha value is -4.33. The second-order valence-corrected chi connectivity index (χ2v) is 12.0. The molecule has 10 heteroatoms. The summed E-state index contributed by atoms with van der Waals surface area (Å²) in [6.45, 7) is 4.30. The van der Waals surface area contributed by atoms with Gasteiger partial charge in [0.1, 0.15) is 17.1 Å². The fraction of sp³-hybridized carbons (Fsp3) is 0.303. The van der Waals surface area contributed by atoms with Crippen LogP contribution in [0.1, 0.15) is 44.2 Å². The van der Waals surface area contributed by atoms with E-state index in [1.54, 1.807) is 18.2 Å². The van der Waals surface area contributed by atoms with Crippen molar-refractivity contribution in [2.24, 2.45) is 0 Å². The van der Waals surface area contributed by atoms with E-state index >= 15 is 0 Å². The molecule has 1 saturated heterocycles. The molecule has 6 rings (SSSR count). The summed E-state index contributed by atoms with van der Waals surface area (Å²) in [6, 6.07) is 15.6. The van der Waals surface area contributed by atoms with Gasteiger partial charge in [0.2, 0.25) is 0 Å². The van der Waals surface area contributed by atoms with E-state index in [4.69, 9.17) is 11.2 Å². The van der Waals surface area contributed by atoms with Crippen LogP contribution in [0.4, 0.5) is 3.89 Å². The zero-order chi connectivity index (χ0) is 30.3. The summed E-state index contributed by atoms with van der Waals surface area (Å²) in [5.41, 5.74) is 4.02. The predicted octanol–water partition coefficient (Wildman–Crippen LogP) is 6.32. The minimum Gasteiger partial charge on any atom is -0.493 e. The molecule has 222 valence electrons. The van der Waals surface area contributed by atoms with E-state index in [-0.39, 0.29) is 17.2 Å². The molecule has 3 aromatic carbocycles. The number of hydrogen-bond acceptors (Lipinski definition) is 6. The number of ether oxygens (including phenoxy) is 1. The largest absolute Gasteiger partial charge is 0.493 e. The number of H-pyrrole nitrogens is 1. The quantitative estimate of drug-likeness (QED) is 0.127. The van der Waals surface area contributed by atoms with Crippen LogP contribution in [-0.2, 0) is 10.5 Å². The predicted molar refractivity (Wildman–Crippen MR) is 168 cm³/mol. The van der Waals surface area contributed by atoms with Crippen LogP contribution >= 0.6 is 0 Å². The molecule has 8 nitrogen and oxygen atoms in total. The van der Waals surface area contributed by atoms with Gasteiger partial charge in [-0.1, -0.05) is 41.3 Å². The Morgan fingerprint density at radius 2 is 1.88 bits per heavy atom. The number of rotatable bonds is 8. The number of unbranched alkanes of at least 4 members (excludes halogenated alkanes) is 1. The molecule has 1 aliphatic rings. The standard InChI is InChI=1S/C33H32FN3O5S/c1-4-6-16-41-30-20-27-29(19-26(30)22-8-7-9-24(18-22)42-43(34,39)40)37(23-12-14-36(3)15-13-23)33-31(32(27)38)25-11-10-21(5-2)17-28(25)35-33/h2,7-11,17-20,23,35H,4,6,12-16H2,1,3H3. The Balaban J connectivity index is 1.67. The van der Waals surface area contributed by atoms with Gasteiger partial charge in [-0.3, -0.25) is 4.79 Å². The van der Waals surface area contributed by atoms with E-state index in [0.29, 0.717) is 39.8 Å². The summed E-state index contributed by atoms with van der Waals surface area (Å²) in [4.78, 5) is 20.1. The highest BCUT2D eigenvalue weighted by atomic mass is 32.3. The topological polar surface area (TPSA) is 93.6 Å². The molecule has 1 aliphatic heterocycles. The number of fused-ring (bicyclic) bond motifs is 4. The van der Waals surface area contributed by atoms with E-state index in [2.05, 4.69) is 38.5 Å². The minimum absolute atomic E-state index is 0.105. The number of nitrogens with zero attached hydrogens (tertiary/aromatic N) is 2. The number of aromatic amines is 1. The zero-order valence-electron chi connectivity index (χ0n) is 24.0. The third-order valence-corrected chi connectivity index (χ3v) is 8.56. The molecule has 3 heterocycles. The van der Waals surface area contributed by atoms with Gasteiger partial charge in [0.25, 0.3) is 0 Å². The molecule has 0 amide bonds. The molecule has 2 aromatic heterocycles. The van der Waals surface area contributed by atoms with Crippen molar-refractivity contribution in [1.82, 2.24) is 14.5 Å². The van der Waals surface area contributed by atoms with Crippen molar-refractivity contribution in [3.8, 4) is 35.0 Å². The molecule has 0 saturated carbocycles. The molecule has 0 bridgehead atoms. The Morgan fingerprint density at radius 3 is 2.60 bits per heavy atom. The lowest BCUT2D eigenvalue weighted by molar-refractivity contribution is 0.226. The first-order chi connectivity index (χ1) is 20.7. The number of halogens is 1. The second kappa shape index (κ2) is 11.4. The highest BCUT2D eigenvalue weighted by Crippen LogP contribution is 2.39. The van der Waals surface area contributed by atoms with Gasteiger partial charge in [-0.15, -0.1) is 6.42 Å². The summed E-state index contributed by atoms with van der Waals surface area (Å²) < 4.78 is 48.8. The molecule has 0 atom stereocenters. The number of terminal acetylenes is 1. The average Bonchev–Trinajstić information content (AvgIpc) is 3.36. The van der Waals surface area contributed by atoms with Crippen molar-refractivity contribution in [1.29, 1.82) is 0 Å². The minimum atomic E-state index is -5.21. The van der Waals surface area contributed by atoms with Gasteiger partial charge in [-0.2, -0.15) is 8.42 Å². The van der Waals surface area contributed by atoms with Gasteiger partial charge in [-0.25, -0.2) is 0 Å². The maximum absolute atomic E-state index is 14.3. The lowest BCUT2D eigenvalue weighted by Crippen LogP contribution is -2.32. The van der Waals surface area contributed by atoms with Crippen LogP contribution < -0.4 is 14.3 Å². The molecule has 5 aromatic rings. The molecular weight excluding hydrogens is 569 g/mol. The summed E-state index contributed by atoms with van der Waals surface area (Å²) in [5, 5.41) is 1.92. The lowest BCUT2D eigenvalue weighted by atomic mass is 9.98. The third kappa shape index (κ3) is 5.58. The van der Waals surface area contributed by atoms with Gasteiger partial charge in [0.15, 0.2) is 5.43 Å². The number of hydrogen-bond donors (Lipinski definition) is 1. The Kier molecular flexibility index (Phi) is 7.63. The highest BCUT2D eigenvalue weighted by Gasteiger charge is 2.26. The van der Waals surface area contributed by atoms with Crippen LogP contribution in [0.2, 0.25) is 0 Å². The van der Waals surface area contributed by atoms with E-state index in [0.717, 1.165) is 60.8 Å². The fourth-order valence-electron chi connectivity index (χ4n) is 6.02. The van der Waals surface area contributed by atoms with Crippen molar-refractivity contribution in [2.45, 2.75) is 38.6 Å². The molecule has 1 N–H and O–H groups in total. The van der Waals surface area contributed by atoms with Crippen LogP contribution in [0.3, 0.4) is 0 Å². The number of likely N-dealkylation sites (tertiary alicyclic amines) is 1. The van der Waals surface area contributed by atoms with E-state index < -0.39 is 10.5 Å². The number of pyridine rings is 1. The Morgan fingerprint density at radius 1 is 1.09 bits per heavy atom. The maximum Gasteiger partial charge on any atom is 0.488 e.